The Morgan fingerprint density at radius 1 is 1.17 bits per heavy atom. The lowest BCUT2D eigenvalue weighted by Crippen LogP contribution is -2.32. The molecule has 5 heteroatoms. The molecule has 1 amide bonds. The minimum Gasteiger partial charge on any atom is -0.497 e. The van der Waals surface area contributed by atoms with Gasteiger partial charge < -0.3 is 14.8 Å². The number of ether oxygens (including phenoxy) is 2. The number of methoxy groups -OCH3 is 1. The summed E-state index contributed by atoms with van der Waals surface area (Å²) >= 11 is 5.93. The summed E-state index contributed by atoms with van der Waals surface area (Å²) in [4.78, 5) is 12.4. The number of rotatable bonds is 6. The molecule has 0 aliphatic carbocycles. The Hall–Kier alpha value is -2.20. The van der Waals surface area contributed by atoms with Gasteiger partial charge in [0, 0.05) is 10.7 Å². The number of nitrogens with one attached hydrogen (secondary N) is 1. The van der Waals surface area contributed by atoms with Crippen molar-refractivity contribution in [2.75, 3.05) is 12.4 Å². The van der Waals surface area contributed by atoms with Crippen LogP contribution in [0.25, 0.3) is 0 Å². The van der Waals surface area contributed by atoms with E-state index < -0.39 is 6.10 Å². The summed E-state index contributed by atoms with van der Waals surface area (Å²) in [5.41, 5.74) is 1.64. The number of carbonyl (C=O) groups is 1. The number of anilines is 1. The zero-order valence-electron chi connectivity index (χ0n) is 13.4. The number of hydrogen-bond donors (Lipinski definition) is 1. The van der Waals surface area contributed by atoms with E-state index in [2.05, 4.69) is 5.32 Å². The minimum atomic E-state index is -0.571. The van der Waals surface area contributed by atoms with E-state index in [0.717, 1.165) is 17.0 Å². The van der Waals surface area contributed by atoms with Gasteiger partial charge in [-0.2, -0.15) is 0 Å². The molecule has 0 aliphatic heterocycles. The first-order valence-corrected chi connectivity index (χ1v) is 7.79. The zero-order valence-corrected chi connectivity index (χ0v) is 14.2. The van der Waals surface area contributed by atoms with Crippen LogP contribution in [0.3, 0.4) is 0 Å². The lowest BCUT2D eigenvalue weighted by atomic mass is 10.2. The Kier molecular flexibility index (Phi) is 5.88. The van der Waals surface area contributed by atoms with E-state index in [0.29, 0.717) is 17.2 Å². The maximum atomic E-state index is 12.4. The predicted octanol–water partition coefficient (Wildman–Crippen LogP) is 4.45. The summed E-state index contributed by atoms with van der Waals surface area (Å²) in [5.74, 6) is 1.18. The van der Waals surface area contributed by atoms with E-state index in [-0.39, 0.29) is 5.91 Å². The van der Waals surface area contributed by atoms with Gasteiger partial charge in [0.05, 0.1) is 7.11 Å². The number of hydrogen-bond acceptors (Lipinski definition) is 3. The van der Waals surface area contributed by atoms with Gasteiger partial charge >= 0.3 is 0 Å². The quantitative estimate of drug-likeness (QED) is 0.849. The summed E-state index contributed by atoms with van der Waals surface area (Å²) in [6, 6.07) is 12.5. The normalized spacial score (nSPS) is 11.7. The predicted molar refractivity (Wildman–Crippen MR) is 92.5 cm³/mol. The second kappa shape index (κ2) is 7.88. The van der Waals surface area contributed by atoms with Crippen molar-refractivity contribution in [3.8, 4) is 11.5 Å². The first-order valence-electron chi connectivity index (χ1n) is 7.41. The third-order valence-electron chi connectivity index (χ3n) is 3.45. The number of halogens is 1. The Labute approximate surface area is 141 Å². The van der Waals surface area contributed by atoms with E-state index in [1.54, 1.807) is 43.5 Å². The highest BCUT2D eigenvalue weighted by molar-refractivity contribution is 6.30. The molecular formula is C18H20ClNO3. The first kappa shape index (κ1) is 17.2. The van der Waals surface area contributed by atoms with Crippen molar-refractivity contribution in [1.82, 2.24) is 0 Å². The molecule has 2 aromatic rings. The molecule has 1 atom stereocenters. The van der Waals surface area contributed by atoms with Gasteiger partial charge in [-0.3, -0.25) is 4.79 Å². The largest absolute Gasteiger partial charge is 0.497 e. The van der Waals surface area contributed by atoms with Crippen LogP contribution >= 0.6 is 11.6 Å². The fourth-order valence-electron chi connectivity index (χ4n) is 2.12. The monoisotopic (exact) mass is 333 g/mol. The fraction of sp³-hybridized carbons (Fsp3) is 0.278. The van der Waals surface area contributed by atoms with E-state index in [1.165, 1.54) is 0 Å². The Morgan fingerprint density at radius 2 is 1.83 bits per heavy atom. The van der Waals surface area contributed by atoms with Crippen LogP contribution < -0.4 is 14.8 Å². The summed E-state index contributed by atoms with van der Waals surface area (Å²) in [7, 11) is 1.60. The molecule has 0 aliphatic rings. The molecule has 0 unspecified atom stereocenters. The fourth-order valence-corrected chi connectivity index (χ4v) is 2.35. The van der Waals surface area contributed by atoms with Crippen molar-refractivity contribution in [3.05, 3.63) is 53.1 Å². The molecule has 23 heavy (non-hydrogen) atoms. The van der Waals surface area contributed by atoms with E-state index in [9.17, 15) is 4.79 Å². The summed E-state index contributed by atoms with van der Waals surface area (Å²) in [6.45, 7) is 3.80. The number of benzene rings is 2. The molecule has 0 bridgehead atoms. The maximum absolute atomic E-state index is 12.4. The second-order valence-corrected chi connectivity index (χ2v) is 5.58. The number of amides is 1. The van der Waals surface area contributed by atoms with Gasteiger partial charge in [-0.25, -0.2) is 0 Å². The summed E-state index contributed by atoms with van der Waals surface area (Å²) < 4.78 is 10.9. The van der Waals surface area contributed by atoms with Crippen LogP contribution in [0.15, 0.2) is 42.5 Å². The van der Waals surface area contributed by atoms with E-state index in [1.807, 2.05) is 19.9 Å². The SMILES string of the molecule is CC[C@H](Oc1ccc(OC)cc1)C(=O)Nc1ccc(Cl)cc1C. The van der Waals surface area contributed by atoms with Gasteiger partial charge in [0.2, 0.25) is 0 Å². The van der Waals surface area contributed by atoms with Crippen molar-refractivity contribution in [2.45, 2.75) is 26.4 Å². The second-order valence-electron chi connectivity index (χ2n) is 5.14. The van der Waals surface area contributed by atoms with Gasteiger partial charge in [0.25, 0.3) is 5.91 Å². The molecule has 1 N–H and O–H groups in total. The highest BCUT2D eigenvalue weighted by Gasteiger charge is 2.19. The van der Waals surface area contributed by atoms with Crippen molar-refractivity contribution in [2.24, 2.45) is 0 Å². The van der Waals surface area contributed by atoms with Crippen LogP contribution in [-0.4, -0.2) is 19.1 Å². The lowest BCUT2D eigenvalue weighted by Gasteiger charge is -2.18. The minimum absolute atomic E-state index is 0.186. The molecule has 2 aromatic carbocycles. The first-order chi connectivity index (χ1) is 11.0. The van der Waals surface area contributed by atoms with Crippen LogP contribution in [0.4, 0.5) is 5.69 Å². The van der Waals surface area contributed by atoms with Crippen molar-refractivity contribution in [3.63, 3.8) is 0 Å². The topological polar surface area (TPSA) is 47.6 Å². The van der Waals surface area contributed by atoms with E-state index in [4.69, 9.17) is 21.1 Å². The molecule has 0 saturated carbocycles. The van der Waals surface area contributed by atoms with Gasteiger partial charge in [-0.05, 0) is 61.4 Å². The highest BCUT2D eigenvalue weighted by atomic mass is 35.5. The highest BCUT2D eigenvalue weighted by Crippen LogP contribution is 2.22. The average Bonchev–Trinajstić information content (AvgIpc) is 2.55. The summed E-state index contributed by atoms with van der Waals surface area (Å²) in [5, 5.41) is 3.52. The maximum Gasteiger partial charge on any atom is 0.265 e. The Morgan fingerprint density at radius 3 is 2.39 bits per heavy atom. The molecular weight excluding hydrogens is 314 g/mol. The van der Waals surface area contributed by atoms with Gasteiger partial charge in [-0.15, -0.1) is 0 Å². The van der Waals surface area contributed by atoms with E-state index >= 15 is 0 Å². The van der Waals surface area contributed by atoms with Gasteiger partial charge in [0.1, 0.15) is 11.5 Å². The van der Waals surface area contributed by atoms with Gasteiger partial charge in [-0.1, -0.05) is 18.5 Å². The van der Waals surface area contributed by atoms with Crippen molar-refractivity contribution in [1.29, 1.82) is 0 Å². The molecule has 2 rings (SSSR count). The molecule has 4 nitrogen and oxygen atoms in total. The third kappa shape index (κ3) is 4.63. The summed E-state index contributed by atoms with van der Waals surface area (Å²) in [6.07, 6.45) is -0.0108. The Bertz CT molecular complexity index is 670. The molecule has 0 radical (unpaired) electrons. The van der Waals surface area contributed by atoms with Gasteiger partial charge in [0.15, 0.2) is 6.10 Å². The van der Waals surface area contributed by atoms with Crippen molar-refractivity contribution < 1.29 is 14.3 Å². The number of carbonyl (C=O) groups excluding carboxylic acids is 1. The lowest BCUT2D eigenvalue weighted by molar-refractivity contribution is -0.122. The molecule has 0 spiro atoms. The van der Waals surface area contributed by atoms with Crippen LogP contribution in [-0.2, 0) is 4.79 Å². The zero-order chi connectivity index (χ0) is 16.8. The molecule has 0 saturated heterocycles. The molecule has 122 valence electrons. The third-order valence-corrected chi connectivity index (χ3v) is 3.68. The smallest absolute Gasteiger partial charge is 0.265 e. The van der Waals surface area contributed by atoms with Crippen LogP contribution in [0.1, 0.15) is 18.9 Å². The molecule has 0 aromatic heterocycles. The number of aryl methyl sites for hydroxylation is 1. The van der Waals surface area contributed by atoms with Crippen LogP contribution in [0.5, 0.6) is 11.5 Å². The molecule has 0 heterocycles. The average molecular weight is 334 g/mol. The van der Waals surface area contributed by atoms with Crippen LogP contribution in [0.2, 0.25) is 5.02 Å². The van der Waals surface area contributed by atoms with Crippen molar-refractivity contribution >= 4 is 23.2 Å². The van der Waals surface area contributed by atoms with Crippen LogP contribution in [0, 0.1) is 6.92 Å². The Balaban J connectivity index is 2.05. The standard InChI is InChI=1S/C18H20ClNO3/c1-4-17(23-15-8-6-14(22-3)7-9-15)18(21)20-16-10-5-13(19)11-12(16)2/h5-11,17H,4H2,1-3H3,(H,20,21)/t17-/m0/s1. The molecule has 0 fully saturated rings.